The third kappa shape index (κ3) is 5.73. The Balaban J connectivity index is 1.68. The van der Waals surface area contributed by atoms with E-state index in [0.717, 1.165) is 20.8 Å². The van der Waals surface area contributed by atoms with Gasteiger partial charge in [0, 0.05) is 15.4 Å². The number of ether oxygens (including phenoxy) is 1. The Morgan fingerprint density at radius 2 is 1.67 bits per heavy atom. The molecule has 1 N–H and O–H groups in total. The lowest BCUT2D eigenvalue weighted by Gasteiger charge is -2.25. The molecule has 30 heavy (non-hydrogen) atoms. The van der Waals surface area contributed by atoms with Crippen molar-refractivity contribution in [3.8, 4) is 5.75 Å². The van der Waals surface area contributed by atoms with Crippen LogP contribution in [0.3, 0.4) is 0 Å². The standard InChI is InChI=1S/C23H24BrClNO3P/c1-15(2)22(23(27)28-16(3)18-11-6-7-13-20(18)24)26-30(25)29-21-14-8-10-17-9-4-5-12-19(17)21/h4-16,22,26H,1-3H3. The average Bonchev–Trinajstić information content (AvgIpc) is 2.72. The molecular weight excluding hydrogens is 485 g/mol. The number of hydrogen-bond acceptors (Lipinski definition) is 4. The van der Waals surface area contributed by atoms with Crippen LogP contribution in [0.4, 0.5) is 0 Å². The van der Waals surface area contributed by atoms with E-state index in [9.17, 15) is 4.79 Å². The highest BCUT2D eigenvalue weighted by Crippen LogP contribution is 2.42. The van der Waals surface area contributed by atoms with Crippen molar-refractivity contribution in [3.05, 3.63) is 76.8 Å². The van der Waals surface area contributed by atoms with E-state index in [1.807, 2.05) is 87.5 Å². The molecule has 4 nitrogen and oxygen atoms in total. The molecular formula is C23H24BrClNO3P. The van der Waals surface area contributed by atoms with Crippen LogP contribution in [-0.2, 0) is 9.53 Å². The maximum absolute atomic E-state index is 12.9. The van der Waals surface area contributed by atoms with Crippen LogP contribution < -0.4 is 9.61 Å². The summed E-state index contributed by atoms with van der Waals surface area (Å²) in [5.41, 5.74) is 0.911. The van der Waals surface area contributed by atoms with E-state index in [0.29, 0.717) is 5.75 Å². The topological polar surface area (TPSA) is 47.6 Å². The molecule has 158 valence electrons. The van der Waals surface area contributed by atoms with Crippen molar-refractivity contribution in [2.75, 3.05) is 0 Å². The fourth-order valence-electron chi connectivity index (χ4n) is 3.09. The summed E-state index contributed by atoms with van der Waals surface area (Å²) < 4.78 is 12.6. The molecule has 0 aliphatic rings. The molecule has 0 spiro atoms. The van der Waals surface area contributed by atoms with Gasteiger partial charge in [0.25, 0.3) is 7.65 Å². The normalized spacial score (nSPS) is 14.3. The first-order valence-electron chi connectivity index (χ1n) is 9.69. The van der Waals surface area contributed by atoms with E-state index in [4.69, 9.17) is 20.5 Å². The smallest absolute Gasteiger partial charge is 0.324 e. The lowest BCUT2D eigenvalue weighted by atomic mass is 10.1. The first-order chi connectivity index (χ1) is 14.4. The number of carbonyl (C=O) groups excluding carboxylic acids is 1. The second-order valence-corrected chi connectivity index (χ2v) is 9.97. The Morgan fingerprint density at radius 3 is 2.40 bits per heavy atom. The van der Waals surface area contributed by atoms with Gasteiger partial charge in [0.15, 0.2) is 0 Å². The van der Waals surface area contributed by atoms with E-state index in [1.165, 1.54) is 0 Å². The van der Waals surface area contributed by atoms with Crippen LogP contribution >= 0.6 is 34.8 Å². The fraction of sp³-hybridized carbons (Fsp3) is 0.261. The van der Waals surface area contributed by atoms with Gasteiger partial charge in [0.05, 0.1) is 0 Å². The Bertz CT molecular complexity index is 1010. The molecule has 0 amide bonds. The first kappa shape index (κ1) is 23.0. The van der Waals surface area contributed by atoms with Gasteiger partial charge in [-0.2, -0.15) is 0 Å². The summed E-state index contributed by atoms with van der Waals surface area (Å²) in [6, 6.07) is 20.8. The molecule has 3 rings (SSSR count). The molecule has 0 radical (unpaired) electrons. The molecule has 7 heteroatoms. The molecule has 3 atom stereocenters. The number of carbonyl (C=O) groups is 1. The van der Waals surface area contributed by atoms with Crippen LogP contribution in [0, 0.1) is 5.92 Å². The van der Waals surface area contributed by atoms with Crippen LogP contribution in [-0.4, -0.2) is 12.0 Å². The van der Waals surface area contributed by atoms with Gasteiger partial charge < -0.3 is 9.26 Å². The van der Waals surface area contributed by atoms with Crippen molar-refractivity contribution in [1.82, 2.24) is 5.09 Å². The van der Waals surface area contributed by atoms with Crippen molar-refractivity contribution in [2.45, 2.75) is 32.9 Å². The van der Waals surface area contributed by atoms with Crippen LogP contribution in [0.25, 0.3) is 10.8 Å². The van der Waals surface area contributed by atoms with E-state index in [-0.39, 0.29) is 11.9 Å². The van der Waals surface area contributed by atoms with Crippen molar-refractivity contribution in [1.29, 1.82) is 0 Å². The summed E-state index contributed by atoms with van der Waals surface area (Å²) in [6.45, 7) is 5.74. The van der Waals surface area contributed by atoms with Gasteiger partial charge in [-0.05, 0) is 41.6 Å². The third-order valence-corrected chi connectivity index (χ3v) is 6.79. The SMILES string of the molecule is CC(OC(=O)C(NP(Cl)Oc1cccc2ccccc12)C(C)C)c1ccccc1Br. The summed E-state index contributed by atoms with van der Waals surface area (Å²) in [7, 11) is -1.61. The second kappa shape index (κ2) is 10.6. The number of halogens is 2. The number of esters is 1. The maximum Gasteiger partial charge on any atom is 0.324 e. The zero-order valence-corrected chi connectivity index (χ0v) is 20.2. The van der Waals surface area contributed by atoms with Gasteiger partial charge in [-0.1, -0.05) is 84.4 Å². The molecule has 3 aromatic rings. The highest BCUT2D eigenvalue weighted by molar-refractivity contribution is 9.10. The predicted molar refractivity (Wildman–Crippen MR) is 128 cm³/mol. The molecule has 0 saturated heterocycles. The van der Waals surface area contributed by atoms with Crippen molar-refractivity contribution >= 4 is 51.6 Å². The van der Waals surface area contributed by atoms with Crippen LogP contribution in [0.5, 0.6) is 5.75 Å². The number of fused-ring (bicyclic) bond motifs is 1. The molecule has 0 aliphatic carbocycles. The minimum atomic E-state index is -1.61. The van der Waals surface area contributed by atoms with Gasteiger partial charge in [-0.15, -0.1) is 0 Å². The molecule has 0 saturated carbocycles. The maximum atomic E-state index is 12.9. The zero-order valence-electron chi connectivity index (χ0n) is 17.0. The lowest BCUT2D eigenvalue weighted by molar-refractivity contribution is -0.151. The fourth-order valence-corrected chi connectivity index (χ4v) is 5.24. The van der Waals surface area contributed by atoms with Gasteiger partial charge in [0.1, 0.15) is 17.9 Å². The molecule has 3 unspecified atom stereocenters. The predicted octanol–water partition coefficient (Wildman–Crippen LogP) is 7.37. The Kier molecular flexibility index (Phi) is 8.13. The van der Waals surface area contributed by atoms with E-state index in [1.54, 1.807) is 0 Å². The highest BCUT2D eigenvalue weighted by atomic mass is 79.9. The highest BCUT2D eigenvalue weighted by Gasteiger charge is 2.29. The molecule has 0 heterocycles. The number of rotatable bonds is 8. The summed E-state index contributed by atoms with van der Waals surface area (Å²) in [4.78, 5) is 12.9. The van der Waals surface area contributed by atoms with E-state index >= 15 is 0 Å². The minimum Gasteiger partial charge on any atom is -0.457 e. The van der Waals surface area contributed by atoms with E-state index < -0.39 is 19.8 Å². The van der Waals surface area contributed by atoms with Gasteiger partial charge in [0.2, 0.25) is 0 Å². The quantitative estimate of drug-likeness (QED) is 0.255. The Hall–Kier alpha value is -1.65. The largest absolute Gasteiger partial charge is 0.457 e. The summed E-state index contributed by atoms with van der Waals surface area (Å²) >= 11 is 10.00. The molecule has 0 bridgehead atoms. The van der Waals surface area contributed by atoms with Crippen molar-refractivity contribution < 1.29 is 14.1 Å². The minimum absolute atomic E-state index is 0.0243. The third-order valence-electron chi connectivity index (χ3n) is 4.73. The molecule has 0 aliphatic heterocycles. The van der Waals surface area contributed by atoms with Gasteiger partial charge >= 0.3 is 5.97 Å². The van der Waals surface area contributed by atoms with Crippen molar-refractivity contribution in [3.63, 3.8) is 0 Å². The molecule has 0 aromatic heterocycles. The van der Waals surface area contributed by atoms with Crippen molar-refractivity contribution in [2.24, 2.45) is 5.92 Å². The Labute approximate surface area is 191 Å². The molecule has 0 fully saturated rings. The van der Waals surface area contributed by atoms with Crippen LogP contribution in [0.2, 0.25) is 0 Å². The number of hydrogen-bond donors (Lipinski definition) is 1. The summed E-state index contributed by atoms with van der Waals surface area (Å²) in [5, 5.41) is 5.16. The van der Waals surface area contributed by atoms with Gasteiger partial charge in [-0.25, -0.2) is 5.09 Å². The first-order valence-corrected chi connectivity index (χ1v) is 12.7. The Morgan fingerprint density at radius 1 is 1.00 bits per heavy atom. The number of nitrogens with one attached hydrogen (secondary N) is 1. The average molecular weight is 509 g/mol. The summed E-state index contributed by atoms with van der Waals surface area (Å²) in [6.07, 6.45) is -0.392. The van der Waals surface area contributed by atoms with Gasteiger partial charge in [-0.3, -0.25) is 4.79 Å². The van der Waals surface area contributed by atoms with Crippen LogP contribution in [0.15, 0.2) is 71.2 Å². The summed E-state index contributed by atoms with van der Waals surface area (Å²) in [5.74, 6) is 0.297. The monoisotopic (exact) mass is 507 g/mol. The van der Waals surface area contributed by atoms with Crippen LogP contribution in [0.1, 0.15) is 32.4 Å². The second-order valence-electron chi connectivity index (χ2n) is 7.26. The number of benzene rings is 3. The zero-order chi connectivity index (χ0) is 21.7. The van der Waals surface area contributed by atoms with E-state index in [2.05, 4.69) is 21.0 Å². The molecule has 3 aromatic carbocycles. The lowest BCUT2D eigenvalue weighted by Crippen LogP contribution is -2.39.